The summed E-state index contributed by atoms with van der Waals surface area (Å²) in [6, 6.07) is 7.01. The Morgan fingerprint density at radius 2 is 1.40 bits per heavy atom. The zero-order valence-corrected chi connectivity index (χ0v) is 24.3. The van der Waals surface area contributed by atoms with Crippen molar-refractivity contribution >= 4 is 0 Å². The van der Waals surface area contributed by atoms with E-state index in [1.807, 2.05) is 6.07 Å². The summed E-state index contributed by atoms with van der Waals surface area (Å²) in [5.74, 6) is -15.1. The Labute approximate surface area is 243 Å². The molecule has 2 aromatic rings. The summed E-state index contributed by atoms with van der Waals surface area (Å²) in [7, 11) is 0. The first-order valence-corrected chi connectivity index (χ1v) is 14.4. The number of aliphatic hydroxyl groups is 1. The first-order chi connectivity index (χ1) is 19.9. The van der Waals surface area contributed by atoms with E-state index in [4.69, 9.17) is 4.74 Å². The van der Waals surface area contributed by atoms with Gasteiger partial charge >= 0.3 is 17.8 Å². The number of benzene rings is 1. The number of hydrogen-bond donors (Lipinski definition) is 1. The zero-order valence-electron chi connectivity index (χ0n) is 24.3. The molecular formula is C30H42F6N2O4. The van der Waals surface area contributed by atoms with Crippen LogP contribution in [-0.4, -0.2) is 72.0 Å². The third-order valence-electron chi connectivity index (χ3n) is 6.55. The fraction of sp³-hybridized carbons (Fsp3) is 0.667. The molecule has 0 aliphatic carbocycles. The average molecular weight is 609 g/mol. The first-order valence-electron chi connectivity index (χ1n) is 14.4. The van der Waals surface area contributed by atoms with E-state index < -0.39 is 50.3 Å². The lowest BCUT2D eigenvalue weighted by Crippen LogP contribution is -2.58. The van der Waals surface area contributed by atoms with Crippen LogP contribution in [0.2, 0.25) is 0 Å². The van der Waals surface area contributed by atoms with Crippen LogP contribution in [0.15, 0.2) is 36.7 Å². The maximum Gasteiger partial charge on any atom is 0.376 e. The summed E-state index contributed by atoms with van der Waals surface area (Å²) in [5.41, 5.74) is 1.60. The van der Waals surface area contributed by atoms with Crippen molar-refractivity contribution in [1.82, 2.24) is 9.97 Å². The Morgan fingerprint density at radius 3 is 2.07 bits per heavy atom. The number of aryl methyl sites for hydroxylation is 1. The van der Waals surface area contributed by atoms with E-state index in [1.54, 1.807) is 37.5 Å². The molecule has 1 N–H and O–H groups in total. The molecule has 0 saturated carbocycles. The maximum atomic E-state index is 14.1. The van der Waals surface area contributed by atoms with Gasteiger partial charge < -0.3 is 19.3 Å². The summed E-state index contributed by atoms with van der Waals surface area (Å²) in [6.07, 6.45) is 9.81. The van der Waals surface area contributed by atoms with E-state index in [1.165, 1.54) is 6.42 Å². The molecule has 1 atom stereocenters. The monoisotopic (exact) mass is 608 g/mol. The average Bonchev–Trinajstić information content (AvgIpc) is 2.96. The minimum absolute atomic E-state index is 0.250. The van der Waals surface area contributed by atoms with E-state index in [2.05, 4.69) is 26.4 Å². The molecule has 1 heterocycles. The van der Waals surface area contributed by atoms with Gasteiger partial charge in [0.25, 0.3) is 0 Å². The number of hydrogen-bond acceptors (Lipinski definition) is 6. The van der Waals surface area contributed by atoms with E-state index in [-0.39, 0.29) is 6.61 Å². The van der Waals surface area contributed by atoms with Crippen LogP contribution in [0.5, 0.6) is 5.75 Å². The van der Waals surface area contributed by atoms with Gasteiger partial charge in [-0.25, -0.2) is 9.97 Å². The molecule has 238 valence electrons. The molecule has 0 aliphatic rings. The van der Waals surface area contributed by atoms with Crippen molar-refractivity contribution in [2.45, 2.75) is 95.5 Å². The molecule has 0 fully saturated rings. The van der Waals surface area contributed by atoms with Crippen molar-refractivity contribution in [2.75, 3.05) is 33.0 Å². The topological polar surface area (TPSA) is 73.7 Å². The van der Waals surface area contributed by atoms with E-state index in [0.717, 1.165) is 43.2 Å². The van der Waals surface area contributed by atoms with Crippen molar-refractivity contribution in [3.8, 4) is 17.1 Å². The summed E-state index contributed by atoms with van der Waals surface area (Å²) < 4.78 is 98.7. The summed E-state index contributed by atoms with van der Waals surface area (Å²) >= 11 is 0. The SMILES string of the molecule is CCCCCCCCc1cc(-c2ncccn2)ccc1OCC(O)COCC(F)(F)C(F)(F)C(F)(F)COCCCC. The Hall–Kier alpha value is -2.44. The second-order valence-electron chi connectivity index (χ2n) is 10.3. The molecule has 0 radical (unpaired) electrons. The van der Waals surface area contributed by atoms with Gasteiger partial charge in [0.1, 0.15) is 31.7 Å². The molecule has 0 saturated heterocycles. The van der Waals surface area contributed by atoms with Crippen LogP contribution in [0, 0.1) is 0 Å². The fourth-order valence-electron chi connectivity index (χ4n) is 4.05. The Kier molecular flexibility index (Phi) is 15.0. The molecular weight excluding hydrogens is 566 g/mol. The zero-order chi connectivity index (χ0) is 31.1. The van der Waals surface area contributed by atoms with Gasteiger partial charge in [0.05, 0.1) is 6.61 Å². The van der Waals surface area contributed by atoms with Gasteiger partial charge in [-0.1, -0.05) is 52.4 Å². The summed E-state index contributed by atoms with van der Waals surface area (Å²) in [6.45, 7) is -1.46. The third-order valence-corrected chi connectivity index (χ3v) is 6.55. The normalized spacial score (nSPS) is 13.4. The Balaban J connectivity index is 1.94. The number of alkyl halides is 6. The number of nitrogens with zero attached hydrogens (tertiary/aromatic N) is 2. The largest absolute Gasteiger partial charge is 0.491 e. The minimum Gasteiger partial charge on any atom is -0.491 e. The van der Waals surface area contributed by atoms with Gasteiger partial charge in [-0.3, -0.25) is 0 Å². The molecule has 42 heavy (non-hydrogen) atoms. The number of aromatic nitrogens is 2. The molecule has 0 amide bonds. The first kappa shape index (κ1) is 35.8. The molecule has 0 aliphatic heterocycles. The number of rotatable bonds is 22. The van der Waals surface area contributed by atoms with Crippen molar-refractivity contribution < 1.29 is 45.7 Å². The highest BCUT2D eigenvalue weighted by Crippen LogP contribution is 2.46. The van der Waals surface area contributed by atoms with E-state index >= 15 is 0 Å². The molecule has 2 rings (SSSR count). The number of halogens is 6. The summed E-state index contributed by atoms with van der Waals surface area (Å²) in [5, 5.41) is 10.2. The van der Waals surface area contributed by atoms with Crippen LogP contribution >= 0.6 is 0 Å². The van der Waals surface area contributed by atoms with Crippen LogP contribution in [0.3, 0.4) is 0 Å². The van der Waals surface area contributed by atoms with Gasteiger partial charge in [-0.2, -0.15) is 26.3 Å². The van der Waals surface area contributed by atoms with E-state index in [0.29, 0.717) is 30.8 Å². The highest BCUT2D eigenvalue weighted by Gasteiger charge is 2.71. The van der Waals surface area contributed by atoms with Crippen molar-refractivity contribution in [1.29, 1.82) is 0 Å². The second kappa shape index (κ2) is 17.6. The Bertz CT molecular complexity index is 1030. The van der Waals surface area contributed by atoms with Crippen LogP contribution in [0.4, 0.5) is 26.3 Å². The van der Waals surface area contributed by atoms with Crippen LogP contribution in [0.25, 0.3) is 11.4 Å². The lowest BCUT2D eigenvalue weighted by Gasteiger charge is -2.32. The van der Waals surface area contributed by atoms with Crippen LogP contribution in [-0.2, 0) is 15.9 Å². The van der Waals surface area contributed by atoms with Gasteiger partial charge in [0, 0.05) is 24.6 Å². The second-order valence-corrected chi connectivity index (χ2v) is 10.3. The standard InChI is InChI=1S/C30H42F6N2O4/c1-3-5-7-8-9-10-12-23-18-24(27-37-15-11-16-38-27)13-14-26(23)42-20-25(39)19-41-22-29(33,34)30(35,36)28(31,32)21-40-17-6-4-2/h11,13-16,18,25,39H,3-10,12,17,19-22H2,1-2H3. The van der Waals surface area contributed by atoms with Crippen molar-refractivity contribution in [3.05, 3.63) is 42.2 Å². The van der Waals surface area contributed by atoms with Crippen molar-refractivity contribution in [2.24, 2.45) is 0 Å². The number of aliphatic hydroxyl groups excluding tert-OH is 1. The molecule has 1 aromatic heterocycles. The molecule has 1 unspecified atom stereocenters. The van der Waals surface area contributed by atoms with Crippen LogP contribution < -0.4 is 4.74 Å². The minimum atomic E-state index is -5.72. The number of ether oxygens (including phenoxy) is 3. The fourth-order valence-corrected chi connectivity index (χ4v) is 4.05. The highest BCUT2D eigenvalue weighted by molar-refractivity contribution is 5.58. The smallest absolute Gasteiger partial charge is 0.376 e. The van der Waals surface area contributed by atoms with Gasteiger partial charge in [-0.05, 0) is 49.1 Å². The van der Waals surface area contributed by atoms with Gasteiger partial charge in [0.2, 0.25) is 0 Å². The van der Waals surface area contributed by atoms with E-state index in [9.17, 15) is 31.4 Å². The predicted octanol–water partition coefficient (Wildman–Crippen LogP) is 7.53. The molecule has 6 nitrogen and oxygen atoms in total. The summed E-state index contributed by atoms with van der Waals surface area (Å²) in [4.78, 5) is 8.51. The van der Waals surface area contributed by atoms with Crippen LogP contribution in [0.1, 0.15) is 70.8 Å². The lowest BCUT2D eigenvalue weighted by atomic mass is 10.0. The molecule has 12 heteroatoms. The van der Waals surface area contributed by atoms with Gasteiger partial charge in [-0.15, -0.1) is 0 Å². The van der Waals surface area contributed by atoms with Gasteiger partial charge in [0.15, 0.2) is 5.82 Å². The maximum absolute atomic E-state index is 14.1. The molecule has 1 aromatic carbocycles. The Morgan fingerprint density at radius 1 is 0.786 bits per heavy atom. The number of unbranched alkanes of at least 4 members (excludes halogenated alkanes) is 6. The molecule has 0 spiro atoms. The van der Waals surface area contributed by atoms with Crippen molar-refractivity contribution in [3.63, 3.8) is 0 Å². The molecule has 0 bridgehead atoms. The third kappa shape index (κ3) is 11.0. The predicted molar refractivity (Wildman–Crippen MR) is 147 cm³/mol. The highest BCUT2D eigenvalue weighted by atomic mass is 19.3. The lowest BCUT2D eigenvalue weighted by molar-refractivity contribution is -0.329. The quantitative estimate of drug-likeness (QED) is 0.110.